The molecule has 19 heavy (non-hydrogen) atoms. The second kappa shape index (κ2) is 6.92. The van der Waals surface area contributed by atoms with Gasteiger partial charge in [0.1, 0.15) is 5.75 Å². The van der Waals surface area contributed by atoms with E-state index in [0.29, 0.717) is 18.8 Å². The van der Waals surface area contributed by atoms with Crippen LogP contribution in [0, 0.1) is 5.92 Å². The highest BCUT2D eigenvalue weighted by Crippen LogP contribution is 2.31. The Labute approximate surface area is 115 Å². The molecule has 0 saturated heterocycles. The lowest BCUT2D eigenvalue weighted by Gasteiger charge is -2.19. The number of rotatable bonds is 6. The summed E-state index contributed by atoms with van der Waals surface area (Å²) in [6.07, 6.45) is 5.23. The number of methoxy groups -OCH3 is 1. The van der Waals surface area contributed by atoms with Crippen molar-refractivity contribution in [2.24, 2.45) is 5.92 Å². The van der Waals surface area contributed by atoms with Gasteiger partial charge in [0, 0.05) is 0 Å². The van der Waals surface area contributed by atoms with Gasteiger partial charge in [-0.2, -0.15) is 0 Å². The van der Waals surface area contributed by atoms with Crippen molar-refractivity contribution in [2.45, 2.75) is 50.7 Å². The van der Waals surface area contributed by atoms with Crippen molar-refractivity contribution in [3.8, 4) is 5.75 Å². The normalized spacial score (nSPS) is 19.3. The third kappa shape index (κ3) is 3.95. The van der Waals surface area contributed by atoms with Crippen LogP contribution in [0.1, 0.15) is 50.2 Å². The molecule has 3 heteroatoms. The fourth-order valence-electron chi connectivity index (χ4n) is 2.92. The Balaban J connectivity index is 1.84. The van der Waals surface area contributed by atoms with E-state index in [2.05, 4.69) is 0 Å². The van der Waals surface area contributed by atoms with Crippen molar-refractivity contribution in [3.63, 3.8) is 0 Å². The molecule has 1 saturated carbocycles. The third-order valence-electron chi connectivity index (χ3n) is 4.16. The van der Waals surface area contributed by atoms with Crippen molar-refractivity contribution >= 4 is 0 Å². The summed E-state index contributed by atoms with van der Waals surface area (Å²) in [6, 6.07) is 7.50. The minimum atomic E-state index is -0.522. The smallest absolute Gasteiger partial charge is 0.119 e. The van der Waals surface area contributed by atoms with Gasteiger partial charge in [0.05, 0.1) is 19.3 Å². The number of benzene rings is 1. The molecule has 0 heterocycles. The van der Waals surface area contributed by atoms with Crippen LogP contribution in [0.3, 0.4) is 0 Å². The summed E-state index contributed by atoms with van der Waals surface area (Å²) < 4.78 is 5.15. The molecule has 2 atom stereocenters. The summed E-state index contributed by atoms with van der Waals surface area (Å²) >= 11 is 0. The molecule has 0 bridgehead atoms. The van der Waals surface area contributed by atoms with Gasteiger partial charge in [-0.3, -0.25) is 0 Å². The molecule has 0 spiro atoms. The van der Waals surface area contributed by atoms with E-state index >= 15 is 0 Å². The number of aliphatic hydroxyl groups is 2. The molecule has 106 valence electrons. The van der Waals surface area contributed by atoms with Gasteiger partial charge in [-0.1, -0.05) is 25.0 Å². The lowest BCUT2D eigenvalue weighted by Crippen LogP contribution is -2.18. The summed E-state index contributed by atoms with van der Waals surface area (Å²) in [5.41, 5.74) is 0.859. The molecule has 0 amide bonds. The summed E-state index contributed by atoms with van der Waals surface area (Å²) in [5.74, 6) is 1.20. The quantitative estimate of drug-likeness (QED) is 0.830. The van der Waals surface area contributed by atoms with Crippen LogP contribution in [-0.4, -0.2) is 23.4 Å². The molecule has 3 nitrogen and oxygen atoms in total. The molecule has 1 fully saturated rings. The monoisotopic (exact) mass is 264 g/mol. The molecule has 0 aliphatic heterocycles. The van der Waals surface area contributed by atoms with Crippen LogP contribution in [0.15, 0.2) is 24.3 Å². The van der Waals surface area contributed by atoms with Crippen LogP contribution in [0.5, 0.6) is 5.75 Å². The minimum Gasteiger partial charge on any atom is -0.497 e. The molecule has 2 rings (SSSR count). The van der Waals surface area contributed by atoms with Crippen molar-refractivity contribution < 1.29 is 14.9 Å². The van der Waals surface area contributed by atoms with Gasteiger partial charge in [-0.25, -0.2) is 0 Å². The number of hydrogen-bond donors (Lipinski definition) is 2. The van der Waals surface area contributed by atoms with Crippen molar-refractivity contribution in [1.82, 2.24) is 0 Å². The Bertz CT molecular complexity index is 385. The lowest BCUT2D eigenvalue weighted by molar-refractivity contribution is 0.0755. The fraction of sp³-hybridized carbons (Fsp3) is 0.625. The van der Waals surface area contributed by atoms with Crippen LogP contribution < -0.4 is 4.74 Å². The minimum absolute atomic E-state index is 0.261. The first-order chi connectivity index (χ1) is 9.20. The Hall–Kier alpha value is -1.06. The van der Waals surface area contributed by atoms with E-state index in [4.69, 9.17) is 4.74 Å². The molecule has 0 radical (unpaired) electrons. The first kappa shape index (κ1) is 14.4. The van der Waals surface area contributed by atoms with E-state index in [1.807, 2.05) is 24.3 Å². The average Bonchev–Trinajstić information content (AvgIpc) is 2.98. The third-order valence-corrected chi connectivity index (χ3v) is 4.16. The van der Waals surface area contributed by atoms with Crippen LogP contribution in [0.2, 0.25) is 0 Å². The predicted molar refractivity (Wildman–Crippen MR) is 75.2 cm³/mol. The maximum Gasteiger partial charge on any atom is 0.119 e. The Morgan fingerprint density at radius 3 is 2.63 bits per heavy atom. The summed E-state index contributed by atoms with van der Waals surface area (Å²) in [6.45, 7) is 0. The van der Waals surface area contributed by atoms with Crippen LogP contribution in [0.25, 0.3) is 0 Å². The zero-order valence-electron chi connectivity index (χ0n) is 11.6. The number of ether oxygens (including phenoxy) is 1. The maximum atomic E-state index is 10.2. The molecular weight excluding hydrogens is 240 g/mol. The van der Waals surface area contributed by atoms with Crippen molar-refractivity contribution in [1.29, 1.82) is 0 Å². The Morgan fingerprint density at radius 2 is 1.95 bits per heavy atom. The van der Waals surface area contributed by atoms with E-state index in [1.165, 1.54) is 12.8 Å². The van der Waals surface area contributed by atoms with Crippen molar-refractivity contribution in [2.75, 3.05) is 7.11 Å². The second-order valence-electron chi connectivity index (χ2n) is 5.48. The van der Waals surface area contributed by atoms with Gasteiger partial charge in [-0.15, -0.1) is 0 Å². The molecule has 1 aromatic carbocycles. The Kier molecular flexibility index (Phi) is 5.23. The molecule has 1 aliphatic rings. The number of aliphatic hydroxyl groups excluding tert-OH is 2. The van der Waals surface area contributed by atoms with Crippen LogP contribution >= 0.6 is 0 Å². The van der Waals surface area contributed by atoms with Crippen LogP contribution in [0.4, 0.5) is 0 Å². The SMILES string of the molecule is COc1cccc(C(O)CCC(O)C2CCCC2)c1. The standard InChI is InChI=1S/C16H24O3/c1-19-14-8-4-7-13(11-14)16(18)10-9-15(17)12-5-2-3-6-12/h4,7-8,11-12,15-18H,2-3,5-6,9-10H2,1H3. The van der Waals surface area contributed by atoms with Gasteiger partial charge in [0.15, 0.2) is 0 Å². The zero-order valence-corrected chi connectivity index (χ0v) is 11.6. The van der Waals surface area contributed by atoms with Gasteiger partial charge in [0.2, 0.25) is 0 Å². The Morgan fingerprint density at radius 1 is 1.21 bits per heavy atom. The van der Waals surface area contributed by atoms with E-state index in [9.17, 15) is 10.2 Å². The maximum absolute atomic E-state index is 10.2. The molecular formula is C16H24O3. The fourth-order valence-corrected chi connectivity index (χ4v) is 2.92. The second-order valence-corrected chi connectivity index (χ2v) is 5.48. The highest BCUT2D eigenvalue weighted by atomic mass is 16.5. The van der Waals surface area contributed by atoms with Crippen molar-refractivity contribution in [3.05, 3.63) is 29.8 Å². The van der Waals surface area contributed by atoms with Gasteiger partial charge < -0.3 is 14.9 Å². The molecule has 0 aromatic heterocycles. The lowest BCUT2D eigenvalue weighted by atomic mass is 9.94. The first-order valence-corrected chi connectivity index (χ1v) is 7.21. The summed E-state index contributed by atoms with van der Waals surface area (Å²) in [7, 11) is 1.62. The van der Waals surface area contributed by atoms with Gasteiger partial charge >= 0.3 is 0 Å². The van der Waals surface area contributed by atoms with E-state index < -0.39 is 6.10 Å². The first-order valence-electron chi connectivity index (χ1n) is 7.21. The largest absolute Gasteiger partial charge is 0.497 e. The topological polar surface area (TPSA) is 49.7 Å². The molecule has 1 aromatic rings. The van der Waals surface area contributed by atoms with Gasteiger partial charge in [-0.05, 0) is 49.3 Å². The average molecular weight is 264 g/mol. The predicted octanol–water partition coefficient (Wildman–Crippen LogP) is 3.06. The van der Waals surface area contributed by atoms with Gasteiger partial charge in [0.25, 0.3) is 0 Å². The molecule has 2 N–H and O–H groups in total. The highest BCUT2D eigenvalue weighted by Gasteiger charge is 2.23. The van der Waals surface area contributed by atoms with E-state index in [1.54, 1.807) is 7.11 Å². The summed E-state index contributed by atoms with van der Waals surface area (Å²) in [5, 5.41) is 20.3. The zero-order chi connectivity index (χ0) is 13.7. The molecule has 2 unspecified atom stereocenters. The highest BCUT2D eigenvalue weighted by molar-refractivity contribution is 5.29. The van der Waals surface area contributed by atoms with E-state index in [-0.39, 0.29) is 6.10 Å². The molecule has 1 aliphatic carbocycles. The number of hydrogen-bond acceptors (Lipinski definition) is 3. The summed E-state index contributed by atoms with van der Waals surface area (Å²) in [4.78, 5) is 0. The van der Waals surface area contributed by atoms with E-state index in [0.717, 1.165) is 24.2 Å². The van der Waals surface area contributed by atoms with Crippen LogP contribution in [-0.2, 0) is 0 Å².